The van der Waals surface area contributed by atoms with Gasteiger partial charge in [0, 0.05) is 43.2 Å². The lowest BCUT2D eigenvalue weighted by Gasteiger charge is -2.47. The van der Waals surface area contributed by atoms with Crippen LogP contribution in [0.4, 0.5) is 10.6 Å². The van der Waals surface area contributed by atoms with Gasteiger partial charge in [-0.1, -0.05) is 12.1 Å². The van der Waals surface area contributed by atoms with Crippen molar-refractivity contribution < 1.29 is 14.3 Å². The van der Waals surface area contributed by atoms with Crippen LogP contribution in [0.5, 0.6) is 5.75 Å². The molecule has 0 unspecified atom stereocenters. The number of anilines is 1. The zero-order chi connectivity index (χ0) is 23.8. The maximum atomic E-state index is 13.9. The van der Waals surface area contributed by atoms with Gasteiger partial charge in [0.25, 0.3) is 0 Å². The number of urea groups is 1. The topological polar surface area (TPSA) is 86.8 Å². The molecule has 35 heavy (non-hydrogen) atoms. The normalized spacial score (nSPS) is 20.4. The Labute approximate surface area is 204 Å². The lowest BCUT2D eigenvalue weighted by Crippen LogP contribution is -2.59. The number of carbonyl (C=O) groups excluding carboxylic acids is 1. The predicted molar refractivity (Wildman–Crippen MR) is 131 cm³/mol. The van der Waals surface area contributed by atoms with E-state index >= 15 is 0 Å². The van der Waals surface area contributed by atoms with Gasteiger partial charge in [0.05, 0.1) is 44.6 Å². The average molecular weight is 475 g/mol. The van der Waals surface area contributed by atoms with Gasteiger partial charge in [-0.3, -0.25) is 14.9 Å². The zero-order valence-corrected chi connectivity index (χ0v) is 19.9. The molecule has 3 aliphatic rings. The van der Waals surface area contributed by atoms with Crippen molar-refractivity contribution >= 4 is 11.8 Å². The van der Waals surface area contributed by atoms with Gasteiger partial charge < -0.3 is 14.4 Å². The van der Waals surface area contributed by atoms with Gasteiger partial charge in [-0.15, -0.1) is 0 Å². The Bertz CT molecular complexity index is 1170. The molecule has 3 aromatic rings. The molecule has 9 heteroatoms. The summed E-state index contributed by atoms with van der Waals surface area (Å²) in [5.41, 5.74) is 2.78. The fourth-order valence-corrected chi connectivity index (χ4v) is 5.46. The van der Waals surface area contributed by atoms with Crippen LogP contribution in [-0.4, -0.2) is 82.6 Å². The summed E-state index contributed by atoms with van der Waals surface area (Å²) in [6.45, 7) is 4.76. The van der Waals surface area contributed by atoms with E-state index in [9.17, 15) is 4.79 Å². The van der Waals surface area contributed by atoms with Crippen LogP contribution in [0.25, 0.3) is 11.1 Å². The van der Waals surface area contributed by atoms with E-state index in [-0.39, 0.29) is 11.6 Å². The number of nitrogens with one attached hydrogen (secondary N) is 1. The highest BCUT2D eigenvalue weighted by Crippen LogP contribution is 2.40. The van der Waals surface area contributed by atoms with Crippen molar-refractivity contribution in [3.8, 4) is 16.9 Å². The monoisotopic (exact) mass is 474 g/mol. The van der Waals surface area contributed by atoms with Crippen molar-refractivity contribution in [2.24, 2.45) is 0 Å². The Morgan fingerprint density at radius 2 is 2.00 bits per heavy atom. The van der Waals surface area contributed by atoms with E-state index in [0.29, 0.717) is 24.9 Å². The summed E-state index contributed by atoms with van der Waals surface area (Å²) in [6.07, 6.45) is 7.28. The van der Waals surface area contributed by atoms with Crippen molar-refractivity contribution in [2.75, 3.05) is 44.9 Å². The molecule has 6 rings (SSSR count). The maximum absolute atomic E-state index is 13.9. The maximum Gasteiger partial charge on any atom is 0.326 e. The third-order valence-corrected chi connectivity index (χ3v) is 7.68. The number of hydrogen-bond acceptors (Lipinski definition) is 6. The number of nitrogens with zero attached hydrogens (tertiary/aromatic N) is 5. The number of hydrogen-bond donors (Lipinski definition) is 1. The van der Waals surface area contributed by atoms with Crippen molar-refractivity contribution in [3.05, 3.63) is 60.6 Å². The Morgan fingerprint density at radius 3 is 2.66 bits per heavy atom. The van der Waals surface area contributed by atoms with Crippen molar-refractivity contribution in [2.45, 2.75) is 31.0 Å². The Morgan fingerprint density at radius 1 is 1.14 bits per heavy atom. The first-order chi connectivity index (χ1) is 17.1. The summed E-state index contributed by atoms with van der Waals surface area (Å²) < 4.78 is 10.8. The number of aromatic amines is 1. The van der Waals surface area contributed by atoms with Crippen LogP contribution in [0.15, 0.2) is 55.0 Å². The second-order valence-electron chi connectivity index (χ2n) is 9.65. The highest BCUT2D eigenvalue weighted by molar-refractivity contribution is 5.94. The first kappa shape index (κ1) is 22.1. The molecule has 0 bridgehead atoms. The number of H-pyrrole nitrogens is 1. The largest absolute Gasteiger partial charge is 0.497 e. The molecule has 0 radical (unpaired) electrons. The molecule has 0 saturated carbocycles. The van der Waals surface area contributed by atoms with Gasteiger partial charge in [-0.05, 0) is 42.7 Å². The van der Waals surface area contributed by atoms with Gasteiger partial charge >= 0.3 is 6.03 Å². The van der Waals surface area contributed by atoms with Gasteiger partial charge in [-0.25, -0.2) is 9.78 Å². The minimum Gasteiger partial charge on any atom is -0.497 e. The minimum absolute atomic E-state index is 0.0109. The number of amides is 2. The summed E-state index contributed by atoms with van der Waals surface area (Å²) in [4.78, 5) is 25.0. The fourth-order valence-electron chi connectivity index (χ4n) is 5.46. The average Bonchev–Trinajstić information content (AvgIpc) is 3.49. The van der Waals surface area contributed by atoms with E-state index in [1.165, 1.54) is 0 Å². The number of piperidine rings is 1. The number of benzene rings is 1. The summed E-state index contributed by atoms with van der Waals surface area (Å²) in [5.74, 6) is 1.49. The standard InChI is InChI=1S/C26H30N6O3/c1-34-23-4-2-3-19(11-23)15-32-25(33)31(24-6-5-20(12-27-24)21-13-28-29-14-21)18-26(32)7-9-30(10-8-26)22-16-35-17-22/h2-6,11-14,22H,7-10,15-18H2,1H3,(H,28,29). The van der Waals surface area contributed by atoms with Crippen LogP contribution in [0, 0.1) is 0 Å². The Hall–Kier alpha value is -3.43. The SMILES string of the molecule is COc1cccc(CN2C(=O)N(c3ccc(-c4cn[nH]c4)cn3)CC23CCN(C2COC2)CC3)c1. The molecule has 3 aliphatic heterocycles. The first-order valence-corrected chi connectivity index (χ1v) is 12.1. The van der Waals surface area contributed by atoms with Crippen LogP contribution in [-0.2, 0) is 11.3 Å². The minimum atomic E-state index is -0.230. The summed E-state index contributed by atoms with van der Waals surface area (Å²) in [5, 5.41) is 6.84. The number of ether oxygens (including phenoxy) is 2. The number of likely N-dealkylation sites (tertiary alicyclic amines) is 1. The molecule has 1 spiro atoms. The van der Waals surface area contributed by atoms with E-state index in [2.05, 4.69) is 31.0 Å². The van der Waals surface area contributed by atoms with Crippen molar-refractivity contribution in [3.63, 3.8) is 0 Å². The van der Waals surface area contributed by atoms with E-state index in [1.54, 1.807) is 13.3 Å². The lowest BCUT2D eigenvalue weighted by molar-refractivity contribution is -0.0813. The van der Waals surface area contributed by atoms with Crippen molar-refractivity contribution in [1.29, 1.82) is 0 Å². The Balaban J connectivity index is 1.27. The van der Waals surface area contributed by atoms with Crippen LogP contribution in [0.1, 0.15) is 18.4 Å². The van der Waals surface area contributed by atoms with Gasteiger partial charge in [0.1, 0.15) is 11.6 Å². The molecule has 0 aliphatic carbocycles. The molecular formula is C26H30N6O3. The number of methoxy groups -OCH3 is 1. The van der Waals surface area contributed by atoms with E-state index < -0.39 is 0 Å². The number of carbonyl (C=O) groups is 1. The third kappa shape index (κ3) is 4.04. The van der Waals surface area contributed by atoms with Crippen LogP contribution < -0.4 is 9.64 Å². The van der Waals surface area contributed by atoms with Gasteiger partial charge in [0.2, 0.25) is 0 Å². The van der Waals surface area contributed by atoms with Crippen LogP contribution >= 0.6 is 0 Å². The second kappa shape index (κ2) is 8.98. The molecule has 1 aromatic carbocycles. The summed E-state index contributed by atoms with van der Waals surface area (Å²) in [7, 11) is 1.67. The predicted octanol–water partition coefficient (Wildman–Crippen LogP) is 3.16. The number of aromatic nitrogens is 3. The highest BCUT2D eigenvalue weighted by atomic mass is 16.5. The fraction of sp³-hybridized carbons (Fsp3) is 0.423. The first-order valence-electron chi connectivity index (χ1n) is 12.1. The van der Waals surface area contributed by atoms with Crippen molar-refractivity contribution in [1.82, 2.24) is 25.0 Å². The van der Waals surface area contributed by atoms with Crippen LogP contribution in [0.2, 0.25) is 0 Å². The van der Waals surface area contributed by atoms with E-state index in [4.69, 9.17) is 9.47 Å². The summed E-state index contributed by atoms with van der Waals surface area (Å²) >= 11 is 0. The Kier molecular flexibility index (Phi) is 5.66. The van der Waals surface area contributed by atoms with Crippen LogP contribution in [0.3, 0.4) is 0 Å². The van der Waals surface area contributed by atoms with Gasteiger partial charge in [-0.2, -0.15) is 5.10 Å². The smallest absolute Gasteiger partial charge is 0.326 e. The molecule has 5 heterocycles. The number of rotatable bonds is 6. The molecule has 1 N–H and O–H groups in total. The second-order valence-corrected chi connectivity index (χ2v) is 9.65. The molecule has 3 fully saturated rings. The molecule has 3 saturated heterocycles. The third-order valence-electron chi connectivity index (χ3n) is 7.68. The molecule has 182 valence electrons. The molecule has 2 aromatic heterocycles. The highest BCUT2D eigenvalue weighted by Gasteiger charge is 2.52. The quantitative estimate of drug-likeness (QED) is 0.591. The molecular weight excluding hydrogens is 444 g/mol. The van der Waals surface area contributed by atoms with E-state index in [1.807, 2.05) is 47.6 Å². The lowest BCUT2D eigenvalue weighted by atomic mass is 9.85. The molecule has 0 atom stereocenters. The zero-order valence-electron chi connectivity index (χ0n) is 19.9. The van der Waals surface area contributed by atoms with Gasteiger partial charge in [0.15, 0.2) is 0 Å². The van der Waals surface area contributed by atoms with E-state index in [0.717, 1.165) is 61.6 Å². The number of pyridine rings is 1. The molecule has 9 nitrogen and oxygen atoms in total. The molecule has 2 amide bonds. The summed E-state index contributed by atoms with van der Waals surface area (Å²) in [6, 6.07) is 12.5.